The number of hydrogen-bond donors (Lipinski definition) is 2. The Kier molecular flexibility index (Phi) is 16.9. The maximum absolute atomic E-state index is 9.88. The van der Waals surface area contributed by atoms with E-state index in [1.165, 1.54) is 77.0 Å². The molecule has 0 spiro atoms. The molecule has 0 aromatic heterocycles. The molecule has 2 heteroatoms. The molecule has 2 N–H and O–H groups in total. The molecule has 0 bridgehead atoms. The minimum absolute atomic E-state index is 0.0545. The summed E-state index contributed by atoms with van der Waals surface area (Å²) >= 11 is 0. The molecule has 0 aliphatic rings. The summed E-state index contributed by atoms with van der Waals surface area (Å²) in [6.45, 7) is 2.58. The normalized spacial score (nSPS) is 12.8. The predicted octanol–water partition coefficient (Wildman–Crippen LogP) is 5.21. The summed E-state index contributed by atoms with van der Waals surface area (Å²) in [6.07, 6.45) is 18.2. The summed E-state index contributed by atoms with van der Waals surface area (Å²) in [4.78, 5) is 0. The Bertz CT molecular complexity index is 171. The highest BCUT2D eigenvalue weighted by Gasteiger charge is 2.03. The molecule has 122 valence electrons. The summed E-state index contributed by atoms with van der Waals surface area (Å²) in [5, 5.41) is 18.6. The average Bonchev–Trinajstić information content (AvgIpc) is 2.45. The smallest absolute Gasteiger partial charge is 0.0540 e. The van der Waals surface area contributed by atoms with E-state index in [2.05, 4.69) is 6.92 Å². The van der Waals surface area contributed by atoms with E-state index in [0.717, 1.165) is 19.3 Å². The Morgan fingerprint density at radius 1 is 0.600 bits per heavy atom. The van der Waals surface area contributed by atoms with Gasteiger partial charge in [0.2, 0.25) is 0 Å². The molecule has 0 saturated carbocycles. The predicted molar refractivity (Wildman–Crippen MR) is 88.0 cm³/mol. The van der Waals surface area contributed by atoms with E-state index in [9.17, 15) is 5.11 Å². The third kappa shape index (κ3) is 16.0. The van der Waals surface area contributed by atoms with Crippen LogP contribution in [0.5, 0.6) is 0 Å². The van der Waals surface area contributed by atoms with Crippen LogP contribution in [0.25, 0.3) is 0 Å². The Labute approximate surface area is 127 Å². The van der Waals surface area contributed by atoms with Crippen molar-refractivity contribution in [2.24, 2.45) is 0 Å². The van der Waals surface area contributed by atoms with E-state index < -0.39 is 0 Å². The van der Waals surface area contributed by atoms with Crippen LogP contribution in [0.3, 0.4) is 0 Å². The maximum Gasteiger partial charge on any atom is 0.0540 e. The molecule has 0 amide bonds. The van der Waals surface area contributed by atoms with Gasteiger partial charge in [-0.15, -0.1) is 0 Å². The lowest BCUT2D eigenvalue weighted by Gasteiger charge is -2.10. The first-order valence-corrected chi connectivity index (χ1v) is 9.10. The van der Waals surface area contributed by atoms with Crippen molar-refractivity contribution in [1.29, 1.82) is 0 Å². The maximum atomic E-state index is 9.88. The highest BCUT2D eigenvalue weighted by molar-refractivity contribution is 4.57. The first-order valence-electron chi connectivity index (χ1n) is 9.10. The zero-order valence-corrected chi connectivity index (χ0v) is 13.8. The van der Waals surface area contributed by atoms with Gasteiger partial charge in [-0.25, -0.2) is 0 Å². The average molecular weight is 286 g/mol. The van der Waals surface area contributed by atoms with Crippen LogP contribution < -0.4 is 0 Å². The zero-order chi connectivity index (χ0) is 14.9. The second kappa shape index (κ2) is 17.0. The highest BCUT2D eigenvalue weighted by atomic mass is 16.3. The van der Waals surface area contributed by atoms with Crippen LogP contribution in [0, 0.1) is 0 Å². The second-order valence-corrected chi connectivity index (χ2v) is 6.20. The monoisotopic (exact) mass is 286 g/mol. The molecule has 2 nitrogen and oxygen atoms in total. The third-order valence-electron chi connectivity index (χ3n) is 4.09. The van der Waals surface area contributed by atoms with Gasteiger partial charge in [-0.1, -0.05) is 84.0 Å². The van der Waals surface area contributed by atoms with Crippen molar-refractivity contribution in [3.63, 3.8) is 0 Å². The van der Waals surface area contributed by atoms with Gasteiger partial charge in [0.15, 0.2) is 0 Å². The first kappa shape index (κ1) is 19.9. The fraction of sp³-hybridized carbons (Fsp3) is 1.00. The first-order chi connectivity index (χ1) is 9.81. The third-order valence-corrected chi connectivity index (χ3v) is 4.09. The summed E-state index contributed by atoms with van der Waals surface area (Å²) < 4.78 is 0. The van der Waals surface area contributed by atoms with Gasteiger partial charge < -0.3 is 10.2 Å². The molecular formula is C18H38O2. The Balaban J connectivity index is 3.09. The summed E-state index contributed by atoms with van der Waals surface area (Å²) in [5.74, 6) is 0. The van der Waals surface area contributed by atoms with Crippen LogP contribution in [-0.2, 0) is 0 Å². The van der Waals surface area contributed by atoms with Gasteiger partial charge in [-0.3, -0.25) is 0 Å². The van der Waals surface area contributed by atoms with Crippen LogP contribution in [0.4, 0.5) is 0 Å². The second-order valence-electron chi connectivity index (χ2n) is 6.20. The zero-order valence-electron chi connectivity index (χ0n) is 13.8. The minimum atomic E-state index is -0.0545. The Morgan fingerprint density at radius 3 is 1.45 bits per heavy atom. The lowest BCUT2D eigenvalue weighted by atomic mass is 10.0. The molecule has 0 heterocycles. The largest absolute Gasteiger partial charge is 0.396 e. The van der Waals surface area contributed by atoms with Crippen molar-refractivity contribution < 1.29 is 10.2 Å². The number of hydrogen-bond acceptors (Lipinski definition) is 2. The van der Waals surface area contributed by atoms with Crippen molar-refractivity contribution in [3.8, 4) is 0 Å². The van der Waals surface area contributed by atoms with Crippen molar-refractivity contribution >= 4 is 0 Å². The number of aliphatic hydroxyl groups is 2. The van der Waals surface area contributed by atoms with Crippen molar-refractivity contribution in [2.75, 3.05) is 6.61 Å². The fourth-order valence-corrected chi connectivity index (χ4v) is 2.68. The topological polar surface area (TPSA) is 40.5 Å². The van der Waals surface area contributed by atoms with E-state index in [-0.39, 0.29) is 6.10 Å². The van der Waals surface area contributed by atoms with Gasteiger partial charge in [0.1, 0.15) is 0 Å². The van der Waals surface area contributed by atoms with Gasteiger partial charge in [0.05, 0.1) is 6.10 Å². The van der Waals surface area contributed by atoms with Gasteiger partial charge in [-0.05, 0) is 19.3 Å². The standard InChI is InChI=1S/C18H38O2/c1-2-3-4-9-12-15-18(20)16-13-10-7-5-6-8-11-14-17-19/h18-20H,2-17H2,1H3. The fourth-order valence-electron chi connectivity index (χ4n) is 2.68. The van der Waals surface area contributed by atoms with E-state index in [0.29, 0.717) is 6.61 Å². The molecule has 1 atom stereocenters. The minimum Gasteiger partial charge on any atom is -0.396 e. The molecule has 0 rings (SSSR count). The number of aliphatic hydroxyl groups excluding tert-OH is 2. The Morgan fingerprint density at radius 2 is 1.00 bits per heavy atom. The van der Waals surface area contributed by atoms with Crippen LogP contribution in [0.1, 0.15) is 103 Å². The molecule has 0 radical (unpaired) electrons. The number of unbranched alkanes of at least 4 members (excludes halogenated alkanes) is 11. The SMILES string of the molecule is CCCCCCCC(O)CCCCCCCCCCO. The molecule has 0 aliphatic carbocycles. The lowest BCUT2D eigenvalue weighted by molar-refractivity contribution is 0.147. The van der Waals surface area contributed by atoms with Crippen LogP contribution in [0.2, 0.25) is 0 Å². The van der Waals surface area contributed by atoms with E-state index in [1.807, 2.05) is 0 Å². The summed E-state index contributed by atoms with van der Waals surface area (Å²) in [5.41, 5.74) is 0. The lowest BCUT2D eigenvalue weighted by Crippen LogP contribution is -2.05. The number of rotatable bonds is 16. The molecule has 20 heavy (non-hydrogen) atoms. The van der Waals surface area contributed by atoms with Crippen LogP contribution >= 0.6 is 0 Å². The Hall–Kier alpha value is -0.0800. The van der Waals surface area contributed by atoms with Crippen LogP contribution in [-0.4, -0.2) is 22.9 Å². The van der Waals surface area contributed by atoms with Gasteiger partial charge in [0.25, 0.3) is 0 Å². The summed E-state index contributed by atoms with van der Waals surface area (Å²) in [6, 6.07) is 0. The molecule has 0 fully saturated rings. The van der Waals surface area contributed by atoms with Gasteiger partial charge >= 0.3 is 0 Å². The van der Waals surface area contributed by atoms with E-state index >= 15 is 0 Å². The van der Waals surface area contributed by atoms with Crippen LogP contribution in [0.15, 0.2) is 0 Å². The molecular weight excluding hydrogens is 248 g/mol. The molecule has 0 aromatic carbocycles. The van der Waals surface area contributed by atoms with Crippen molar-refractivity contribution in [2.45, 2.75) is 109 Å². The molecule has 0 aliphatic heterocycles. The molecule has 0 aromatic rings. The van der Waals surface area contributed by atoms with Gasteiger partial charge in [0, 0.05) is 6.61 Å². The van der Waals surface area contributed by atoms with E-state index in [1.54, 1.807) is 0 Å². The van der Waals surface area contributed by atoms with E-state index in [4.69, 9.17) is 5.11 Å². The molecule has 1 unspecified atom stereocenters. The van der Waals surface area contributed by atoms with Gasteiger partial charge in [-0.2, -0.15) is 0 Å². The highest BCUT2D eigenvalue weighted by Crippen LogP contribution is 2.14. The molecule has 0 saturated heterocycles. The van der Waals surface area contributed by atoms with Crippen molar-refractivity contribution in [3.05, 3.63) is 0 Å². The quantitative estimate of drug-likeness (QED) is 0.382. The summed E-state index contributed by atoms with van der Waals surface area (Å²) in [7, 11) is 0. The van der Waals surface area contributed by atoms with Crippen molar-refractivity contribution in [1.82, 2.24) is 0 Å².